The van der Waals surface area contributed by atoms with E-state index in [9.17, 15) is 9.18 Å². The van der Waals surface area contributed by atoms with Crippen LogP contribution in [0.15, 0.2) is 66.9 Å². The number of hydrogen-bond donors (Lipinski definition) is 2. The number of aryl methyl sites for hydroxylation is 1. The fourth-order valence-electron chi connectivity index (χ4n) is 3.80. The molecule has 31 heavy (non-hydrogen) atoms. The number of hydrogen-bond acceptors (Lipinski definition) is 5. The minimum absolute atomic E-state index is 0.00151. The molecule has 6 nitrogen and oxygen atoms in total. The van der Waals surface area contributed by atoms with E-state index in [1.54, 1.807) is 30.5 Å². The van der Waals surface area contributed by atoms with Crippen LogP contribution in [0.1, 0.15) is 24.8 Å². The molecule has 7 heteroatoms. The summed E-state index contributed by atoms with van der Waals surface area (Å²) in [5.74, 6) is 0.616. The van der Waals surface area contributed by atoms with Gasteiger partial charge in [-0.25, -0.2) is 9.37 Å². The zero-order valence-electron chi connectivity index (χ0n) is 17.3. The van der Waals surface area contributed by atoms with Gasteiger partial charge in [0.1, 0.15) is 17.7 Å². The lowest BCUT2D eigenvalue weighted by molar-refractivity contribution is -0.122. The van der Waals surface area contributed by atoms with Crippen LogP contribution in [0.3, 0.4) is 0 Å². The molecule has 2 N–H and O–H groups in total. The van der Waals surface area contributed by atoms with E-state index >= 15 is 0 Å². The van der Waals surface area contributed by atoms with E-state index in [0.29, 0.717) is 30.5 Å². The topological polar surface area (TPSA) is 70.2 Å². The monoisotopic (exact) mass is 419 g/mol. The average Bonchev–Trinajstić information content (AvgIpc) is 3.29. The van der Waals surface area contributed by atoms with Gasteiger partial charge in [0.15, 0.2) is 0 Å². The van der Waals surface area contributed by atoms with E-state index in [-0.39, 0.29) is 17.8 Å². The molecule has 2 aromatic carbocycles. The average molecular weight is 420 g/mol. The van der Waals surface area contributed by atoms with Crippen molar-refractivity contribution in [3.8, 4) is 0 Å². The van der Waals surface area contributed by atoms with E-state index in [1.807, 2.05) is 23.1 Å². The summed E-state index contributed by atoms with van der Waals surface area (Å²) in [6, 6.07) is 18.1. The fraction of sp³-hybridized carbons (Fsp3) is 0.292. The van der Waals surface area contributed by atoms with Crippen LogP contribution in [0.4, 0.5) is 21.8 Å². The highest BCUT2D eigenvalue weighted by molar-refractivity contribution is 5.85. The van der Waals surface area contributed by atoms with Crippen molar-refractivity contribution < 1.29 is 9.18 Å². The number of rotatable bonds is 8. The first-order valence-corrected chi connectivity index (χ1v) is 10.6. The Morgan fingerprint density at radius 3 is 2.74 bits per heavy atom. The number of para-hydroxylation sites is 1. The molecule has 1 aliphatic heterocycles. The first kappa shape index (κ1) is 20.8. The molecule has 1 fully saturated rings. The Kier molecular flexibility index (Phi) is 6.72. The first-order chi connectivity index (χ1) is 15.2. The maximum atomic E-state index is 13.9. The second kappa shape index (κ2) is 10.0. The van der Waals surface area contributed by atoms with Crippen LogP contribution in [0.25, 0.3) is 0 Å². The third-order valence-electron chi connectivity index (χ3n) is 5.38. The SMILES string of the molecule is O=C(NCCCc1ccccc1)C1CCCN1c1nccc(Nc2ccccc2F)n1. The third kappa shape index (κ3) is 5.36. The molecule has 4 rings (SSSR count). The Bertz CT molecular complexity index is 1010. The number of halogens is 1. The van der Waals surface area contributed by atoms with Gasteiger partial charge in [-0.15, -0.1) is 0 Å². The summed E-state index contributed by atoms with van der Waals surface area (Å²) >= 11 is 0. The molecule has 1 aromatic heterocycles. The lowest BCUT2D eigenvalue weighted by Gasteiger charge is -2.24. The smallest absolute Gasteiger partial charge is 0.242 e. The number of nitrogens with zero attached hydrogens (tertiary/aromatic N) is 3. The Hall–Kier alpha value is -3.48. The van der Waals surface area contributed by atoms with Gasteiger partial charge in [-0.1, -0.05) is 42.5 Å². The van der Waals surface area contributed by atoms with Crippen LogP contribution >= 0.6 is 0 Å². The van der Waals surface area contributed by atoms with Crippen molar-refractivity contribution in [2.45, 2.75) is 31.7 Å². The van der Waals surface area contributed by atoms with Crippen molar-refractivity contribution in [2.24, 2.45) is 0 Å². The molecule has 0 saturated carbocycles. The lowest BCUT2D eigenvalue weighted by atomic mass is 10.1. The van der Waals surface area contributed by atoms with Crippen molar-refractivity contribution in [2.75, 3.05) is 23.3 Å². The van der Waals surface area contributed by atoms with Gasteiger partial charge in [-0.3, -0.25) is 4.79 Å². The molecule has 1 unspecified atom stereocenters. The normalized spacial score (nSPS) is 15.6. The van der Waals surface area contributed by atoms with Gasteiger partial charge in [-0.05, 0) is 49.4 Å². The van der Waals surface area contributed by atoms with E-state index < -0.39 is 0 Å². The Morgan fingerprint density at radius 2 is 1.90 bits per heavy atom. The van der Waals surface area contributed by atoms with Crippen LogP contribution in [0.2, 0.25) is 0 Å². The highest BCUT2D eigenvalue weighted by atomic mass is 19.1. The highest BCUT2D eigenvalue weighted by Crippen LogP contribution is 2.25. The van der Waals surface area contributed by atoms with Crippen LogP contribution in [-0.4, -0.2) is 35.0 Å². The van der Waals surface area contributed by atoms with Crippen molar-refractivity contribution in [3.63, 3.8) is 0 Å². The van der Waals surface area contributed by atoms with Gasteiger partial charge in [0.05, 0.1) is 5.69 Å². The van der Waals surface area contributed by atoms with E-state index in [0.717, 1.165) is 25.7 Å². The van der Waals surface area contributed by atoms with Crippen molar-refractivity contribution in [1.82, 2.24) is 15.3 Å². The molecule has 1 atom stereocenters. The molecule has 3 aromatic rings. The largest absolute Gasteiger partial charge is 0.354 e. The van der Waals surface area contributed by atoms with Crippen molar-refractivity contribution >= 4 is 23.4 Å². The number of carbonyl (C=O) groups is 1. The summed E-state index contributed by atoms with van der Waals surface area (Å²) in [5, 5.41) is 6.04. The lowest BCUT2D eigenvalue weighted by Crippen LogP contribution is -2.44. The molecule has 0 aliphatic carbocycles. The second-order valence-corrected chi connectivity index (χ2v) is 7.58. The summed E-state index contributed by atoms with van der Waals surface area (Å²) in [7, 11) is 0. The highest BCUT2D eigenvalue weighted by Gasteiger charge is 2.32. The van der Waals surface area contributed by atoms with Crippen LogP contribution in [0.5, 0.6) is 0 Å². The molecular weight excluding hydrogens is 393 g/mol. The van der Waals surface area contributed by atoms with Gasteiger partial charge < -0.3 is 15.5 Å². The number of carbonyl (C=O) groups excluding carboxylic acids is 1. The molecule has 0 bridgehead atoms. The van der Waals surface area contributed by atoms with Gasteiger partial charge in [0, 0.05) is 19.3 Å². The number of benzene rings is 2. The summed E-state index contributed by atoms with van der Waals surface area (Å²) in [6.45, 7) is 1.35. The van der Waals surface area contributed by atoms with Crippen LogP contribution in [0, 0.1) is 5.82 Å². The van der Waals surface area contributed by atoms with Gasteiger partial charge in [0.2, 0.25) is 11.9 Å². The maximum Gasteiger partial charge on any atom is 0.242 e. The fourth-order valence-corrected chi connectivity index (χ4v) is 3.80. The third-order valence-corrected chi connectivity index (χ3v) is 5.38. The first-order valence-electron chi connectivity index (χ1n) is 10.6. The molecule has 2 heterocycles. The summed E-state index contributed by atoms with van der Waals surface area (Å²) in [5.41, 5.74) is 1.62. The molecule has 0 radical (unpaired) electrons. The van der Waals surface area contributed by atoms with E-state index in [2.05, 4.69) is 32.7 Å². The molecule has 1 amide bonds. The quantitative estimate of drug-likeness (QED) is 0.539. The minimum Gasteiger partial charge on any atom is -0.354 e. The summed E-state index contributed by atoms with van der Waals surface area (Å²) < 4.78 is 13.9. The van der Waals surface area contributed by atoms with Crippen molar-refractivity contribution in [1.29, 1.82) is 0 Å². The number of aromatic nitrogens is 2. The maximum absolute atomic E-state index is 13.9. The zero-order chi connectivity index (χ0) is 21.5. The van der Waals surface area contributed by atoms with Gasteiger partial charge in [0.25, 0.3) is 0 Å². The molecule has 1 aliphatic rings. The number of nitrogens with one attached hydrogen (secondary N) is 2. The second-order valence-electron chi connectivity index (χ2n) is 7.58. The van der Waals surface area contributed by atoms with Crippen LogP contribution < -0.4 is 15.5 Å². The Balaban J connectivity index is 1.35. The minimum atomic E-state index is -0.350. The number of amides is 1. The Labute approximate surface area is 181 Å². The van der Waals surface area contributed by atoms with E-state index in [4.69, 9.17) is 0 Å². The molecule has 1 saturated heterocycles. The predicted molar refractivity (Wildman–Crippen MR) is 120 cm³/mol. The van der Waals surface area contributed by atoms with Crippen molar-refractivity contribution in [3.05, 3.63) is 78.2 Å². The molecular formula is C24H26FN5O. The standard InChI is InChI=1S/C24H26FN5O/c25-19-11-4-5-12-20(19)28-22-14-16-27-24(29-22)30-17-7-13-21(30)23(31)26-15-6-10-18-8-2-1-3-9-18/h1-5,8-9,11-12,14,16,21H,6-7,10,13,15,17H2,(H,26,31)(H,27,28,29). The summed E-state index contributed by atoms with van der Waals surface area (Å²) in [6.07, 6.45) is 5.11. The molecule has 0 spiro atoms. The number of anilines is 3. The molecule has 160 valence electrons. The summed E-state index contributed by atoms with van der Waals surface area (Å²) in [4.78, 5) is 23.6. The van der Waals surface area contributed by atoms with Crippen LogP contribution in [-0.2, 0) is 11.2 Å². The zero-order valence-corrected chi connectivity index (χ0v) is 17.3. The predicted octanol–water partition coefficient (Wildman–Crippen LogP) is 4.08. The van der Waals surface area contributed by atoms with Gasteiger partial charge >= 0.3 is 0 Å². The van der Waals surface area contributed by atoms with E-state index in [1.165, 1.54) is 11.6 Å². The van der Waals surface area contributed by atoms with Gasteiger partial charge in [-0.2, -0.15) is 4.98 Å². The Morgan fingerprint density at radius 1 is 1.10 bits per heavy atom.